The van der Waals surface area contributed by atoms with Crippen LogP contribution in [0.25, 0.3) is 0 Å². The molecule has 3 rings (SSSR count). The minimum atomic E-state index is -2.07. The largest absolute Gasteiger partial charge is 0.463 e. The van der Waals surface area contributed by atoms with E-state index in [-0.39, 0.29) is 25.0 Å². The van der Waals surface area contributed by atoms with Crippen molar-refractivity contribution in [2.45, 2.75) is 43.7 Å². The molecule has 1 amide bonds. The second kappa shape index (κ2) is 5.39. The quantitative estimate of drug-likeness (QED) is 0.659. The van der Waals surface area contributed by atoms with E-state index < -0.39 is 17.5 Å². The summed E-state index contributed by atoms with van der Waals surface area (Å²) in [5, 5.41) is 10.7. The Morgan fingerprint density at radius 2 is 2.18 bits per heavy atom. The van der Waals surface area contributed by atoms with Crippen molar-refractivity contribution in [2.24, 2.45) is 0 Å². The number of aliphatic hydroxyl groups is 1. The minimum absolute atomic E-state index is 0.0251. The first-order valence-electron chi connectivity index (χ1n) is 7.73. The molecule has 1 N–H and O–H groups in total. The third kappa shape index (κ3) is 2.11. The van der Waals surface area contributed by atoms with Crippen molar-refractivity contribution in [1.29, 1.82) is 0 Å². The number of likely N-dealkylation sites (N-methyl/N-ethyl adjacent to an activating group) is 1. The maximum Gasteiger partial charge on any atom is 0.348 e. The van der Waals surface area contributed by atoms with Gasteiger partial charge in [-0.3, -0.25) is 4.79 Å². The van der Waals surface area contributed by atoms with E-state index in [2.05, 4.69) is 6.07 Å². The van der Waals surface area contributed by atoms with Gasteiger partial charge in [0, 0.05) is 25.4 Å². The lowest BCUT2D eigenvalue weighted by atomic mass is 9.70. The molecule has 1 heterocycles. The molecule has 1 aromatic rings. The molecule has 0 radical (unpaired) electrons. The lowest BCUT2D eigenvalue weighted by Gasteiger charge is -2.47. The average Bonchev–Trinajstić information content (AvgIpc) is 2.53. The zero-order chi connectivity index (χ0) is 15.9. The molecular weight excluding hydrogens is 282 g/mol. The average molecular weight is 303 g/mol. The van der Waals surface area contributed by atoms with Crippen LogP contribution in [0.2, 0.25) is 0 Å². The van der Waals surface area contributed by atoms with Crippen molar-refractivity contribution in [3.8, 4) is 0 Å². The van der Waals surface area contributed by atoms with Gasteiger partial charge in [-0.05, 0) is 30.9 Å². The highest BCUT2D eigenvalue weighted by Crippen LogP contribution is 2.44. The molecule has 5 nitrogen and oxygen atoms in total. The van der Waals surface area contributed by atoms with Crippen LogP contribution in [-0.2, 0) is 20.7 Å². The standard InChI is InChI=1S/C17H21NO4/c1-3-22-16(20)17(21)10-13-12-7-5-4-6-11(12)8-9-14(13)18(2)15(17)19/h4-7,13-14,21H,3,8-10H2,1-2H3/t13-,14+,17+/m0/s1. The van der Waals surface area contributed by atoms with Crippen LogP contribution in [-0.4, -0.2) is 47.2 Å². The van der Waals surface area contributed by atoms with Crippen LogP contribution in [0.1, 0.15) is 36.8 Å². The van der Waals surface area contributed by atoms with Gasteiger partial charge < -0.3 is 14.7 Å². The molecule has 1 saturated heterocycles. The Labute approximate surface area is 129 Å². The summed E-state index contributed by atoms with van der Waals surface area (Å²) in [5.74, 6) is -1.43. The number of piperidine rings is 1. The smallest absolute Gasteiger partial charge is 0.348 e. The number of likely N-dealkylation sites (tertiary alicyclic amines) is 1. The van der Waals surface area contributed by atoms with E-state index in [1.165, 1.54) is 10.5 Å². The van der Waals surface area contributed by atoms with Crippen LogP contribution < -0.4 is 0 Å². The molecule has 1 fully saturated rings. The van der Waals surface area contributed by atoms with Crippen LogP contribution in [0.15, 0.2) is 24.3 Å². The summed E-state index contributed by atoms with van der Waals surface area (Å²) in [6.07, 6.45) is 1.85. The van der Waals surface area contributed by atoms with Crippen molar-refractivity contribution >= 4 is 11.9 Å². The summed E-state index contributed by atoms with van der Waals surface area (Å²) in [6, 6.07) is 8.08. The molecule has 0 saturated carbocycles. The Hall–Kier alpha value is -1.88. The van der Waals surface area contributed by atoms with Gasteiger partial charge in [-0.15, -0.1) is 0 Å². The monoisotopic (exact) mass is 303 g/mol. The number of ether oxygens (including phenoxy) is 1. The number of esters is 1. The zero-order valence-corrected chi connectivity index (χ0v) is 12.9. The molecule has 118 valence electrons. The maximum absolute atomic E-state index is 12.5. The first-order valence-corrected chi connectivity index (χ1v) is 7.73. The first-order chi connectivity index (χ1) is 10.5. The lowest BCUT2D eigenvalue weighted by Crippen LogP contribution is -2.63. The predicted octanol–water partition coefficient (Wildman–Crippen LogP) is 1.24. The third-order valence-corrected chi connectivity index (χ3v) is 4.93. The van der Waals surface area contributed by atoms with Crippen LogP contribution >= 0.6 is 0 Å². The van der Waals surface area contributed by atoms with E-state index >= 15 is 0 Å². The maximum atomic E-state index is 12.5. The van der Waals surface area contributed by atoms with Crippen LogP contribution in [0.4, 0.5) is 0 Å². The van der Waals surface area contributed by atoms with Gasteiger partial charge in [0.2, 0.25) is 5.60 Å². The fraction of sp³-hybridized carbons (Fsp3) is 0.529. The fourth-order valence-electron chi connectivity index (χ4n) is 3.81. The van der Waals surface area contributed by atoms with Gasteiger partial charge in [-0.1, -0.05) is 24.3 Å². The summed E-state index contributed by atoms with van der Waals surface area (Å²) in [7, 11) is 1.66. The highest BCUT2D eigenvalue weighted by atomic mass is 16.5. The van der Waals surface area contributed by atoms with Gasteiger partial charge in [0.05, 0.1) is 6.61 Å². The molecule has 0 spiro atoms. The number of fused-ring (bicyclic) bond motifs is 3. The summed E-state index contributed by atoms with van der Waals surface area (Å²) >= 11 is 0. The highest BCUT2D eigenvalue weighted by molar-refractivity contribution is 6.06. The summed E-state index contributed by atoms with van der Waals surface area (Å²) in [5.41, 5.74) is 0.287. The molecule has 0 unspecified atom stereocenters. The molecule has 3 atom stereocenters. The lowest BCUT2D eigenvalue weighted by molar-refractivity contribution is -0.183. The molecular formula is C17H21NO4. The number of rotatable bonds is 2. The molecule has 0 aromatic heterocycles. The zero-order valence-electron chi connectivity index (χ0n) is 12.9. The predicted molar refractivity (Wildman–Crippen MR) is 80.3 cm³/mol. The van der Waals surface area contributed by atoms with Crippen LogP contribution in [0, 0.1) is 0 Å². The van der Waals surface area contributed by atoms with Crippen LogP contribution in [0.5, 0.6) is 0 Å². The SMILES string of the molecule is CCOC(=O)[C@@]1(O)C[C@H]2c3ccccc3CC[C@H]2N(C)C1=O. The third-order valence-electron chi connectivity index (χ3n) is 4.93. The van der Waals surface area contributed by atoms with Gasteiger partial charge in [0.1, 0.15) is 0 Å². The minimum Gasteiger partial charge on any atom is -0.463 e. The summed E-state index contributed by atoms with van der Waals surface area (Å²) in [4.78, 5) is 26.2. The van der Waals surface area contributed by atoms with Gasteiger partial charge in [-0.2, -0.15) is 0 Å². The van der Waals surface area contributed by atoms with Gasteiger partial charge >= 0.3 is 5.97 Å². The second-order valence-corrected chi connectivity index (χ2v) is 6.11. The Bertz CT molecular complexity index is 614. The number of amides is 1. The van der Waals surface area contributed by atoms with E-state index in [1.54, 1.807) is 14.0 Å². The van der Waals surface area contributed by atoms with E-state index in [0.717, 1.165) is 18.4 Å². The number of carbonyl (C=O) groups excluding carboxylic acids is 2. The molecule has 1 aromatic carbocycles. The Kier molecular flexibility index (Phi) is 3.68. The van der Waals surface area contributed by atoms with Gasteiger partial charge in [0.15, 0.2) is 0 Å². The molecule has 0 bridgehead atoms. The van der Waals surface area contributed by atoms with Crippen molar-refractivity contribution in [3.63, 3.8) is 0 Å². The number of carbonyl (C=O) groups is 2. The normalized spacial score (nSPS) is 30.5. The van der Waals surface area contributed by atoms with Crippen molar-refractivity contribution in [3.05, 3.63) is 35.4 Å². The Morgan fingerprint density at radius 3 is 2.91 bits per heavy atom. The Balaban J connectivity index is 2.00. The number of hydrogen-bond donors (Lipinski definition) is 1. The summed E-state index contributed by atoms with van der Waals surface area (Å²) < 4.78 is 4.93. The fourth-order valence-corrected chi connectivity index (χ4v) is 3.81. The van der Waals surface area contributed by atoms with E-state index in [9.17, 15) is 14.7 Å². The van der Waals surface area contributed by atoms with Crippen LogP contribution in [0.3, 0.4) is 0 Å². The molecule has 22 heavy (non-hydrogen) atoms. The number of nitrogens with zero attached hydrogens (tertiary/aromatic N) is 1. The van der Waals surface area contributed by atoms with Crippen molar-refractivity contribution in [2.75, 3.05) is 13.7 Å². The van der Waals surface area contributed by atoms with E-state index in [1.807, 2.05) is 18.2 Å². The summed E-state index contributed by atoms with van der Waals surface area (Å²) in [6.45, 7) is 1.81. The molecule has 5 heteroatoms. The van der Waals surface area contributed by atoms with Crippen molar-refractivity contribution in [1.82, 2.24) is 4.90 Å². The topological polar surface area (TPSA) is 66.8 Å². The highest BCUT2D eigenvalue weighted by Gasteiger charge is 2.56. The molecule has 1 aliphatic carbocycles. The Morgan fingerprint density at radius 1 is 1.45 bits per heavy atom. The number of hydrogen-bond acceptors (Lipinski definition) is 4. The van der Waals surface area contributed by atoms with E-state index in [4.69, 9.17) is 4.74 Å². The second-order valence-electron chi connectivity index (χ2n) is 6.11. The van der Waals surface area contributed by atoms with Gasteiger partial charge in [-0.25, -0.2) is 4.79 Å². The number of aryl methyl sites for hydroxylation is 1. The van der Waals surface area contributed by atoms with Crippen molar-refractivity contribution < 1.29 is 19.4 Å². The number of benzene rings is 1. The first kappa shape index (κ1) is 15.0. The molecule has 1 aliphatic heterocycles. The molecule has 2 aliphatic rings. The van der Waals surface area contributed by atoms with E-state index in [0.29, 0.717) is 0 Å². The van der Waals surface area contributed by atoms with Gasteiger partial charge in [0.25, 0.3) is 5.91 Å².